The van der Waals surface area contributed by atoms with Crippen molar-refractivity contribution in [3.63, 3.8) is 0 Å². The Kier molecular flexibility index (Phi) is 3.59. The number of aromatic nitrogens is 2. The fraction of sp³-hybridized carbons (Fsp3) is 0.333. The number of halogens is 1. The summed E-state index contributed by atoms with van der Waals surface area (Å²) in [5.41, 5.74) is 4.66. The smallest absolute Gasteiger partial charge is 0.133 e. The number of hydrogen-bond acceptors (Lipinski definition) is 4. The maximum absolute atomic E-state index is 8.93. The Balaban J connectivity index is 1.78. The van der Waals surface area contributed by atoms with Crippen molar-refractivity contribution in [3.8, 4) is 5.75 Å². The van der Waals surface area contributed by atoms with Crippen molar-refractivity contribution < 1.29 is 9.94 Å². The van der Waals surface area contributed by atoms with Gasteiger partial charge in [0.2, 0.25) is 0 Å². The molecule has 0 amide bonds. The minimum absolute atomic E-state index is 0.387. The van der Waals surface area contributed by atoms with Crippen molar-refractivity contribution in [1.82, 2.24) is 9.78 Å². The highest BCUT2D eigenvalue weighted by Crippen LogP contribution is 2.28. The standard InChI is InChI=1S/C15H16ClN3O2/c1-9-13(15(16)19(2)17-9)8-21-11-4-5-12-10(7-11)3-6-14(12)18-20/h4-5,7,20H,3,6,8H2,1-2H3/b18-14+. The van der Waals surface area contributed by atoms with Crippen LogP contribution in [0.3, 0.4) is 0 Å². The molecule has 110 valence electrons. The van der Waals surface area contributed by atoms with Gasteiger partial charge in [-0.05, 0) is 43.5 Å². The third-order valence-corrected chi connectivity index (χ3v) is 4.27. The van der Waals surface area contributed by atoms with Crippen LogP contribution in [0.1, 0.15) is 28.8 Å². The van der Waals surface area contributed by atoms with Gasteiger partial charge in [0, 0.05) is 18.2 Å². The largest absolute Gasteiger partial charge is 0.489 e. The molecule has 0 fully saturated rings. The average Bonchev–Trinajstić information content (AvgIpc) is 2.98. The molecule has 0 saturated heterocycles. The Labute approximate surface area is 127 Å². The van der Waals surface area contributed by atoms with Crippen LogP contribution in [0, 0.1) is 6.92 Å². The van der Waals surface area contributed by atoms with E-state index in [0.29, 0.717) is 11.8 Å². The number of benzene rings is 1. The van der Waals surface area contributed by atoms with Crippen LogP contribution in [0.4, 0.5) is 0 Å². The maximum Gasteiger partial charge on any atom is 0.133 e. The molecule has 3 rings (SSSR count). The summed E-state index contributed by atoms with van der Waals surface area (Å²) < 4.78 is 7.46. The van der Waals surface area contributed by atoms with E-state index in [-0.39, 0.29) is 0 Å². The van der Waals surface area contributed by atoms with E-state index in [1.165, 1.54) is 0 Å². The second-order valence-corrected chi connectivity index (χ2v) is 5.49. The highest BCUT2D eigenvalue weighted by molar-refractivity contribution is 6.30. The summed E-state index contributed by atoms with van der Waals surface area (Å²) in [7, 11) is 1.81. The van der Waals surface area contributed by atoms with E-state index < -0.39 is 0 Å². The van der Waals surface area contributed by atoms with Crippen molar-refractivity contribution in [2.75, 3.05) is 0 Å². The number of nitrogens with zero attached hydrogens (tertiary/aromatic N) is 3. The first-order valence-electron chi connectivity index (χ1n) is 6.75. The third-order valence-electron chi connectivity index (χ3n) is 3.79. The fourth-order valence-electron chi connectivity index (χ4n) is 2.63. The molecular weight excluding hydrogens is 290 g/mol. The van der Waals surface area contributed by atoms with Crippen molar-refractivity contribution in [2.45, 2.75) is 26.4 Å². The Bertz CT molecular complexity index is 722. The van der Waals surface area contributed by atoms with Crippen molar-refractivity contribution in [1.29, 1.82) is 0 Å². The summed E-state index contributed by atoms with van der Waals surface area (Å²) in [6.45, 7) is 2.30. The second kappa shape index (κ2) is 5.41. The van der Waals surface area contributed by atoms with Crippen LogP contribution in [-0.2, 0) is 20.1 Å². The van der Waals surface area contributed by atoms with E-state index in [2.05, 4.69) is 10.3 Å². The van der Waals surface area contributed by atoms with Crippen LogP contribution in [0.25, 0.3) is 0 Å². The summed E-state index contributed by atoms with van der Waals surface area (Å²) in [5, 5.41) is 17.1. The lowest BCUT2D eigenvalue weighted by atomic mass is 10.1. The van der Waals surface area contributed by atoms with E-state index in [4.69, 9.17) is 21.5 Å². The van der Waals surface area contributed by atoms with Gasteiger partial charge in [0.05, 0.1) is 11.4 Å². The Morgan fingerprint density at radius 1 is 1.43 bits per heavy atom. The van der Waals surface area contributed by atoms with E-state index in [1.807, 2.05) is 32.2 Å². The lowest BCUT2D eigenvalue weighted by Crippen LogP contribution is -1.99. The molecule has 1 heterocycles. The lowest BCUT2D eigenvalue weighted by molar-refractivity contribution is 0.305. The molecule has 1 aliphatic carbocycles. The predicted octanol–water partition coefficient (Wildman–Crippen LogP) is 3.09. The van der Waals surface area contributed by atoms with Gasteiger partial charge in [-0.15, -0.1) is 0 Å². The first kappa shape index (κ1) is 13.9. The molecule has 1 aromatic heterocycles. The third kappa shape index (κ3) is 2.49. The molecule has 21 heavy (non-hydrogen) atoms. The zero-order valence-electron chi connectivity index (χ0n) is 11.9. The summed E-state index contributed by atoms with van der Waals surface area (Å²) >= 11 is 6.19. The molecule has 0 aliphatic heterocycles. The zero-order chi connectivity index (χ0) is 15.0. The molecule has 2 aromatic rings. The van der Waals surface area contributed by atoms with Crippen molar-refractivity contribution >= 4 is 17.3 Å². The average molecular weight is 306 g/mol. The number of ether oxygens (including phenoxy) is 1. The van der Waals surface area contributed by atoms with Gasteiger partial charge < -0.3 is 9.94 Å². The maximum atomic E-state index is 8.93. The summed E-state index contributed by atoms with van der Waals surface area (Å²) in [6.07, 6.45) is 1.64. The van der Waals surface area contributed by atoms with Gasteiger partial charge in [0.1, 0.15) is 17.5 Å². The highest BCUT2D eigenvalue weighted by Gasteiger charge is 2.19. The van der Waals surface area contributed by atoms with Crippen LogP contribution in [0.5, 0.6) is 5.75 Å². The van der Waals surface area contributed by atoms with Gasteiger partial charge in [0.15, 0.2) is 0 Å². The molecule has 0 atom stereocenters. The monoisotopic (exact) mass is 305 g/mol. The summed E-state index contributed by atoms with van der Waals surface area (Å²) in [6, 6.07) is 5.81. The van der Waals surface area contributed by atoms with Crippen LogP contribution in [-0.4, -0.2) is 20.7 Å². The molecule has 0 unspecified atom stereocenters. The van der Waals surface area contributed by atoms with Crippen LogP contribution in [0.15, 0.2) is 23.4 Å². The molecule has 1 aromatic carbocycles. The number of aryl methyl sites for hydroxylation is 3. The fourth-order valence-corrected chi connectivity index (χ4v) is 2.86. The van der Waals surface area contributed by atoms with Gasteiger partial charge in [-0.25, -0.2) is 0 Å². The van der Waals surface area contributed by atoms with Crippen molar-refractivity contribution in [3.05, 3.63) is 45.7 Å². The lowest BCUT2D eigenvalue weighted by Gasteiger charge is -2.08. The van der Waals surface area contributed by atoms with Crippen molar-refractivity contribution in [2.24, 2.45) is 12.2 Å². The van der Waals surface area contributed by atoms with Gasteiger partial charge in [-0.1, -0.05) is 16.8 Å². The van der Waals surface area contributed by atoms with E-state index in [0.717, 1.165) is 46.7 Å². The number of oxime groups is 1. The molecule has 0 radical (unpaired) electrons. The Morgan fingerprint density at radius 2 is 2.24 bits per heavy atom. The SMILES string of the molecule is Cc1nn(C)c(Cl)c1COc1ccc2c(c1)CC/C2=N\O. The topological polar surface area (TPSA) is 59.6 Å². The second-order valence-electron chi connectivity index (χ2n) is 5.13. The molecule has 0 spiro atoms. The molecule has 6 heteroatoms. The zero-order valence-corrected chi connectivity index (χ0v) is 12.7. The van der Waals surface area contributed by atoms with E-state index >= 15 is 0 Å². The summed E-state index contributed by atoms with van der Waals surface area (Å²) in [4.78, 5) is 0. The quantitative estimate of drug-likeness (QED) is 0.700. The molecule has 1 N–H and O–H groups in total. The minimum Gasteiger partial charge on any atom is -0.489 e. The van der Waals surface area contributed by atoms with Gasteiger partial charge in [-0.3, -0.25) is 4.68 Å². The number of fused-ring (bicyclic) bond motifs is 1. The van der Waals surface area contributed by atoms with Gasteiger partial charge in [-0.2, -0.15) is 5.10 Å². The summed E-state index contributed by atoms with van der Waals surface area (Å²) in [5.74, 6) is 0.784. The minimum atomic E-state index is 0.387. The normalized spacial score (nSPS) is 15.5. The first-order valence-corrected chi connectivity index (χ1v) is 7.13. The van der Waals surface area contributed by atoms with Crippen LogP contribution >= 0.6 is 11.6 Å². The van der Waals surface area contributed by atoms with Crippen LogP contribution in [0.2, 0.25) is 5.15 Å². The highest BCUT2D eigenvalue weighted by atomic mass is 35.5. The molecular formula is C15H16ClN3O2. The van der Waals surface area contributed by atoms with E-state index in [1.54, 1.807) is 4.68 Å². The number of hydrogen-bond donors (Lipinski definition) is 1. The molecule has 0 saturated carbocycles. The number of rotatable bonds is 3. The molecule has 0 bridgehead atoms. The molecule has 1 aliphatic rings. The van der Waals surface area contributed by atoms with E-state index in [9.17, 15) is 0 Å². The Morgan fingerprint density at radius 3 is 2.90 bits per heavy atom. The Hall–Kier alpha value is -2.01. The first-order chi connectivity index (χ1) is 10.1. The van der Waals surface area contributed by atoms with Gasteiger partial charge in [0.25, 0.3) is 0 Å². The molecule has 5 nitrogen and oxygen atoms in total. The van der Waals surface area contributed by atoms with Crippen LogP contribution < -0.4 is 4.74 Å². The predicted molar refractivity (Wildman–Crippen MR) is 80.4 cm³/mol. The van der Waals surface area contributed by atoms with Gasteiger partial charge >= 0.3 is 0 Å².